The largest absolute Gasteiger partial charge is 0.399 e. The molecule has 0 unspecified atom stereocenters. The Morgan fingerprint density at radius 2 is 0.561 bits per heavy atom. The third-order valence-corrected chi connectivity index (χ3v) is 26.8. The zero-order valence-electron chi connectivity index (χ0n) is 63.2. The normalized spacial score (nSPS) is 11.1. The molecule has 3 heterocycles. The Bertz CT molecular complexity index is 6510. The van der Waals surface area contributed by atoms with Gasteiger partial charge in [0.25, 0.3) is 0 Å². The summed E-state index contributed by atoms with van der Waals surface area (Å²) in [5, 5.41) is 16.6. The molecule has 8 heteroatoms. The van der Waals surface area contributed by atoms with Crippen LogP contribution in [0.1, 0.15) is 24.1 Å². The van der Waals surface area contributed by atoms with Gasteiger partial charge >= 0.3 is 0 Å². The average Bonchev–Trinajstić information content (AvgIpc) is 1.19. The lowest BCUT2D eigenvalue weighted by Gasteiger charge is -2.34. The van der Waals surface area contributed by atoms with Crippen molar-refractivity contribution >= 4 is 151 Å². The molecule has 3 aromatic heterocycles. The van der Waals surface area contributed by atoms with Crippen molar-refractivity contribution in [2.24, 2.45) is 0 Å². The molecule has 6 nitrogen and oxygen atoms in total. The number of nitrogens with two attached hydrogens (primary N) is 1. The fourth-order valence-electron chi connectivity index (χ4n) is 16.0. The smallest absolute Gasteiger partial charge is 0.179 e. The van der Waals surface area contributed by atoms with Gasteiger partial charge in [-0.25, -0.2) is 0 Å². The van der Waals surface area contributed by atoms with Crippen molar-refractivity contribution in [2.75, 3.05) is 16.0 Å². The summed E-state index contributed by atoms with van der Waals surface area (Å²) in [5.41, 5.74) is 28.9. The minimum Gasteiger partial charge on any atom is -0.399 e. The summed E-state index contributed by atoms with van der Waals surface area (Å²) in [5.74, 6) is 0. The van der Waals surface area contributed by atoms with Crippen molar-refractivity contribution in [3.8, 4) is 28.2 Å². The third-order valence-electron chi connectivity index (χ3n) is 21.4. The molecule has 17 aromatic carbocycles. The van der Waals surface area contributed by atoms with Gasteiger partial charge in [0.2, 0.25) is 0 Å². The molecule has 20 aromatic rings. The Balaban J connectivity index is 0.000000142. The van der Waals surface area contributed by atoms with E-state index in [0.717, 1.165) is 39.8 Å². The molecule has 0 aliphatic rings. The van der Waals surface area contributed by atoms with Crippen LogP contribution in [0.2, 0.25) is 0 Å². The van der Waals surface area contributed by atoms with E-state index in [1.807, 2.05) is 31.2 Å². The van der Waals surface area contributed by atoms with Crippen molar-refractivity contribution in [3.63, 3.8) is 0 Å². The molecule has 114 heavy (non-hydrogen) atoms. The lowest BCUT2D eigenvalue weighted by molar-refractivity contribution is 1.18. The van der Waals surface area contributed by atoms with Gasteiger partial charge < -0.3 is 29.7 Å². The van der Waals surface area contributed by atoms with Crippen LogP contribution in [0.4, 0.5) is 34.1 Å². The van der Waals surface area contributed by atoms with Gasteiger partial charge in [-0.1, -0.05) is 297 Å². The first-order chi connectivity index (χ1) is 55.6. The first kappa shape index (κ1) is 74.6. The minimum atomic E-state index is -2.59. The Morgan fingerprint density at radius 3 is 0.982 bits per heavy atom. The molecule has 0 spiro atoms. The molecule has 0 aliphatic carbocycles. The number of hydrogen-bond donors (Lipinski definition) is 2. The molecular weight excluding hydrogens is 1510 g/mol. The molecular formula is C106H87IN6Si. The van der Waals surface area contributed by atoms with Crippen LogP contribution in [0.25, 0.3) is 93.6 Å². The number of anilines is 6. The SMILES string of the molecule is C.Cc1ccc(N(c2ccc(-c3ccc([Si](c4ccccc4)(c4ccccc4)c4ccccc4)cc3)cc2)c2ccc3c(c2)c2ccccc2n3-c2ccccc2)cc1.Cc1ccc(N)cc1.Cc1ccc(Nc2ccc3c(c2)c2ccccc2n3-c2ccccc2)cc1.Ic1ccc2c(c1)c1ccccc1n2-c1ccccc1. The predicted octanol–water partition coefficient (Wildman–Crippen LogP) is 26.0. The Hall–Kier alpha value is -13.5. The summed E-state index contributed by atoms with van der Waals surface area (Å²) in [6.45, 7) is 6.29. The van der Waals surface area contributed by atoms with Crippen LogP contribution in [-0.2, 0) is 0 Å². The van der Waals surface area contributed by atoms with Gasteiger partial charge in [-0.2, -0.15) is 0 Å². The molecule has 0 fully saturated rings. The maximum atomic E-state index is 5.43. The van der Waals surface area contributed by atoms with Crippen LogP contribution in [0, 0.1) is 24.3 Å². The van der Waals surface area contributed by atoms with Crippen LogP contribution < -0.4 is 36.7 Å². The molecule has 0 saturated heterocycles. The zero-order valence-corrected chi connectivity index (χ0v) is 66.4. The lowest BCUT2D eigenvalue weighted by Crippen LogP contribution is -2.74. The number of nitrogen functional groups attached to an aromatic ring is 1. The fourth-order valence-corrected chi connectivity index (χ4v) is 21.2. The number of para-hydroxylation sites is 6. The molecule has 552 valence electrons. The highest BCUT2D eigenvalue weighted by atomic mass is 127. The van der Waals surface area contributed by atoms with Gasteiger partial charge in [0.1, 0.15) is 0 Å². The molecule has 0 radical (unpaired) electrons. The number of hydrogen-bond acceptors (Lipinski definition) is 3. The average molecular weight is 1600 g/mol. The zero-order chi connectivity index (χ0) is 76.6. The van der Waals surface area contributed by atoms with Crippen molar-refractivity contribution in [1.29, 1.82) is 0 Å². The van der Waals surface area contributed by atoms with Crippen molar-refractivity contribution in [1.82, 2.24) is 13.7 Å². The van der Waals surface area contributed by atoms with E-state index in [-0.39, 0.29) is 7.43 Å². The summed E-state index contributed by atoms with van der Waals surface area (Å²) in [7, 11) is -2.59. The summed E-state index contributed by atoms with van der Waals surface area (Å²) in [6, 6.07) is 155. The standard InChI is InChI=1S/C55H42N2Si.C25H20N2.C18H12IN.C7H9N.CH4/c1-41-26-32-45(33-27-41)56(47-36-39-55-53(40-47)52-24-14-15-25-54(52)57(55)44-16-6-2-7-17-44)46-34-28-42(29-35-46)43-30-37-51(38-31-43)58(48-18-8-3-9-19-48,49-20-10-4-11-21-49)50-22-12-5-13-23-50;1-18-11-13-19(14-12-18)26-20-15-16-25-23(17-20)22-9-5-6-10-24(22)27(25)21-7-3-2-4-8-21;19-13-10-11-18-16(12-13)15-8-4-5-9-17(15)20(18)14-6-2-1-3-7-14;1-6-2-4-7(8)5-3-6;/h2-40H,1H3;2-17,26H,1H3;1-12H;2-5H,8H2,1H3;1H4. The topological polar surface area (TPSA) is 56.1 Å². The first-order valence-electron chi connectivity index (χ1n) is 38.4. The van der Waals surface area contributed by atoms with Crippen molar-refractivity contribution in [2.45, 2.75) is 28.2 Å². The van der Waals surface area contributed by atoms with E-state index in [1.165, 1.54) is 129 Å². The van der Waals surface area contributed by atoms with E-state index in [9.17, 15) is 0 Å². The summed E-state index contributed by atoms with van der Waals surface area (Å²) in [4.78, 5) is 2.37. The Kier molecular flexibility index (Phi) is 22.0. The maximum absolute atomic E-state index is 5.43. The highest BCUT2D eigenvalue weighted by molar-refractivity contribution is 14.1. The van der Waals surface area contributed by atoms with E-state index in [1.54, 1.807) is 0 Å². The highest BCUT2D eigenvalue weighted by Crippen LogP contribution is 2.42. The molecule has 0 atom stereocenters. The van der Waals surface area contributed by atoms with E-state index in [0.29, 0.717) is 0 Å². The monoisotopic (exact) mass is 1600 g/mol. The minimum absolute atomic E-state index is 0. The lowest BCUT2D eigenvalue weighted by atomic mass is 10.0. The van der Waals surface area contributed by atoms with Crippen LogP contribution in [0.5, 0.6) is 0 Å². The van der Waals surface area contributed by atoms with Gasteiger partial charge in [-0.15, -0.1) is 0 Å². The maximum Gasteiger partial charge on any atom is 0.179 e. The molecule has 3 N–H and O–H groups in total. The van der Waals surface area contributed by atoms with Gasteiger partial charge in [-0.3, -0.25) is 0 Å². The second-order valence-corrected chi connectivity index (χ2v) is 33.8. The number of benzene rings is 17. The quantitative estimate of drug-likeness (QED) is 0.0523. The number of nitrogens with zero attached hydrogens (tertiary/aromatic N) is 4. The van der Waals surface area contributed by atoms with Crippen LogP contribution in [0.15, 0.2) is 431 Å². The number of rotatable bonds is 13. The highest BCUT2D eigenvalue weighted by Gasteiger charge is 2.41. The van der Waals surface area contributed by atoms with Gasteiger partial charge in [-0.05, 0) is 233 Å². The Labute approximate surface area is 682 Å². The van der Waals surface area contributed by atoms with Crippen molar-refractivity contribution < 1.29 is 0 Å². The molecule has 0 bridgehead atoms. The molecule has 0 aliphatic heterocycles. The van der Waals surface area contributed by atoms with Gasteiger partial charge in [0, 0.05) is 87.1 Å². The molecule has 0 saturated carbocycles. The number of halogens is 1. The van der Waals surface area contributed by atoms with Gasteiger partial charge in [0.15, 0.2) is 8.07 Å². The third kappa shape index (κ3) is 15.2. The van der Waals surface area contributed by atoms with Crippen LogP contribution in [0.3, 0.4) is 0 Å². The molecule has 0 amide bonds. The van der Waals surface area contributed by atoms with Crippen molar-refractivity contribution in [3.05, 3.63) is 451 Å². The summed E-state index contributed by atoms with van der Waals surface area (Å²) in [6.07, 6.45) is 0. The van der Waals surface area contributed by atoms with E-state index in [2.05, 4.69) is 467 Å². The van der Waals surface area contributed by atoms with Gasteiger partial charge in [0.05, 0.1) is 33.1 Å². The summed E-state index contributed by atoms with van der Waals surface area (Å²) >= 11 is 2.38. The van der Waals surface area contributed by atoms with Crippen LogP contribution in [-0.4, -0.2) is 21.8 Å². The van der Waals surface area contributed by atoms with E-state index >= 15 is 0 Å². The predicted molar refractivity (Wildman–Crippen MR) is 500 cm³/mol. The number of nitrogens with one attached hydrogen (secondary N) is 1. The Morgan fingerprint density at radius 1 is 0.263 bits per heavy atom. The summed E-state index contributed by atoms with van der Waals surface area (Å²) < 4.78 is 8.31. The van der Waals surface area contributed by atoms with E-state index in [4.69, 9.17) is 5.73 Å². The number of fused-ring (bicyclic) bond motifs is 9. The first-order valence-corrected chi connectivity index (χ1v) is 41.5. The molecule has 20 rings (SSSR count). The second-order valence-electron chi connectivity index (χ2n) is 28.7. The fraction of sp³-hybridized carbons (Fsp3) is 0.0377. The second kappa shape index (κ2) is 33.6. The van der Waals surface area contributed by atoms with E-state index < -0.39 is 8.07 Å². The van der Waals surface area contributed by atoms with Crippen LogP contribution >= 0.6 is 22.6 Å². The number of aryl methyl sites for hydroxylation is 3. The number of aromatic nitrogens is 3.